The summed E-state index contributed by atoms with van der Waals surface area (Å²) in [4.78, 5) is 38.9. The number of Topliss-reactive ketones (excluding diaryl/α,β-unsaturated/α-hetero) is 1. The van der Waals surface area contributed by atoms with Gasteiger partial charge in [-0.3, -0.25) is 14.4 Å². The number of carbonyl (C=O) groups is 3. The van der Waals surface area contributed by atoms with Crippen molar-refractivity contribution >= 4 is 23.3 Å². The fraction of sp³-hybridized carbons (Fsp3) is 0.423. The van der Waals surface area contributed by atoms with Crippen LogP contribution in [-0.2, 0) is 14.3 Å². The molecular formula is C26H32N2O6. The first-order chi connectivity index (χ1) is 16.4. The van der Waals surface area contributed by atoms with Gasteiger partial charge in [0, 0.05) is 38.8 Å². The number of hydrogen-bond donors (Lipinski definition) is 1. The van der Waals surface area contributed by atoms with E-state index >= 15 is 0 Å². The van der Waals surface area contributed by atoms with Gasteiger partial charge in [0.25, 0.3) is 5.91 Å². The molecule has 3 rings (SSSR count). The van der Waals surface area contributed by atoms with Crippen LogP contribution >= 0.6 is 0 Å². The van der Waals surface area contributed by atoms with Gasteiger partial charge in [0.15, 0.2) is 19.0 Å². The van der Waals surface area contributed by atoms with Gasteiger partial charge in [0.05, 0.1) is 5.69 Å². The standard InChI is InChI=1S/C26H32N2O6/c1-18-7-4-8-23(19(18)2)33-16-22(29)20-10-11-24-21(15-20)28(26(31)17-34-24)13-5-9-25(30)27-12-6-14-32-3/h4,7-8,10-11,15H,5-6,9,12-14,16-17H2,1-3H3,(H,27,30). The van der Waals surface area contributed by atoms with Crippen LogP contribution in [0.4, 0.5) is 5.69 Å². The molecule has 0 fully saturated rings. The van der Waals surface area contributed by atoms with Crippen molar-refractivity contribution in [3.63, 3.8) is 0 Å². The van der Waals surface area contributed by atoms with Crippen molar-refractivity contribution in [1.82, 2.24) is 5.32 Å². The molecule has 0 saturated heterocycles. The molecule has 182 valence electrons. The smallest absolute Gasteiger partial charge is 0.265 e. The Kier molecular flexibility index (Phi) is 9.04. The third-order valence-electron chi connectivity index (χ3n) is 5.77. The highest BCUT2D eigenvalue weighted by molar-refractivity contribution is 6.02. The number of nitrogens with one attached hydrogen (secondary N) is 1. The normalized spacial score (nSPS) is 12.7. The average molecular weight is 469 g/mol. The fourth-order valence-electron chi connectivity index (χ4n) is 3.66. The van der Waals surface area contributed by atoms with E-state index in [4.69, 9.17) is 14.2 Å². The van der Waals surface area contributed by atoms with Crippen molar-refractivity contribution in [1.29, 1.82) is 0 Å². The van der Waals surface area contributed by atoms with Crippen LogP contribution in [0.2, 0.25) is 0 Å². The second-order valence-electron chi connectivity index (χ2n) is 8.23. The molecular weight excluding hydrogens is 436 g/mol. The Morgan fingerprint density at radius 3 is 2.76 bits per heavy atom. The van der Waals surface area contributed by atoms with Gasteiger partial charge in [-0.05, 0) is 62.1 Å². The minimum Gasteiger partial charge on any atom is -0.485 e. The number of nitrogens with zero attached hydrogens (tertiary/aromatic N) is 1. The molecule has 0 aliphatic carbocycles. The number of rotatable bonds is 12. The maximum Gasteiger partial charge on any atom is 0.265 e. The van der Waals surface area contributed by atoms with Gasteiger partial charge in [-0.1, -0.05) is 12.1 Å². The van der Waals surface area contributed by atoms with E-state index in [2.05, 4.69) is 5.32 Å². The minimum atomic E-state index is -0.204. The lowest BCUT2D eigenvalue weighted by molar-refractivity contribution is -0.122. The molecule has 0 radical (unpaired) electrons. The third kappa shape index (κ3) is 6.57. The summed E-state index contributed by atoms with van der Waals surface area (Å²) in [5.74, 6) is 0.744. The van der Waals surface area contributed by atoms with E-state index in [1.807, 2.05) is 32.0 Å². The van der Waals surface area contributed by atoms with E-state index in [-0.39, 0.29) is 30.8 Å². The highest BCUT2D eigenvalue weighted by atomic mass is 16.5. The molecule has 0 aromatic heterocycles. The van der Waals surface area contributed by atoms with Crippen LogP contribution in [0.25, 0.3) is 0 Å². The van der Waals surface area contributed by atoms with E-state index in [1.54, 1.807) is 30.2 Å². The lowest BCUT2D eigenvalue weighted by Crippen LogP contribution is -2.40. The van der Waals surface area contributed by atoms with Crippen LogP contribution < -0.4 is 19.7 Å². The highest BCUT2D eigenvalue weighted by Crippen LogP contribution is 2.33. The Morgan fingerprint density at radius 2 is 1.97 bits per heavy atom. The van der Waals surface area contributed by atoms with Gasteiger partial charge in [-0.15, -0.1) is 0 Å². The van der Waals surface area contributed by atoms with Crippen LogP contribution in [0.3, 0.4) is 0 Å². The molecule has 1 N–H and O–H groups in total. The third-order valence-corrected chi connectivity index (χ3v) is 5.77. The lowest BCUT2D eigenvalue weighted by Gasteiger charge is -2.29. The number of ketones is 1. The number of fused-ring (bicyclic) bond motifs is 1. The zero-order valence-corrected chi connectivity index (χ0v) is 20.0. The number of aryl methyl sites for hydroxylation is 1. The molecule has 0 spiro atoms. The second-order valence-corrected chi connectivity index (χ2v) is 8.23. The maximum absolute atomic E-state index is 12.8. The maximum atomic E-state index is 12.8. The van der Waals surface area contributed by atoms with Crippen LogP contribution in [0.5, 0.6) is 11.5 Å². The Balaban J connectivity index is 1.61. The molecule has 34 heavy (non-hydrogen) atoms. The summed E-state index contributed by atoms with van der Waals surface area (Å²) in [6.45, 7) is 5.27. The molecule has 1 heterocycles. The summed E-state index contributed by atoms with van der Waals surface area (Å²) in [6, 6.07) is 10.7. The molecule has 8 heteroatoms. The number of benzene rings is 2. The zero-order chi connectivity index (χ0) is 24.5. The first kappa shape index (κ1) is 25.2. The summed E-state index contributed by atoms with van der Waals surface area (Å²) in [5, 5.41) is 2.84. The van der Waals surface area contributed by atoms with Gasteiger partial charge in [0.1, 0.15) is 11.5 Å². The summed E-state index contributed by atoms with van der Waals surface area (Å²) >= 11 is 0. The highest BCUT2D eigenvalue weighted by Gasteiger charge is 2.26. The predicted molar refractivity (Wildman–Crippen MR) is 129 cm³/mol. The van der Waals surface area contributed by atoms with Crippen molar-refractivity contribution < 1.29 is 28.6 Å². The fourth-order valence-corrected chi connectivity index (χ4v) is 3.66. The number of hydrogen-bond acceptors (Lipinski definition) is 6. The van der Waals surface area contributed by atoms with Gasteiger partial charge >= 0.3 is 0 Å². The summed E-state index contributed by atoms with van der Waals surface area (Å²) in [6.07, 6.45) is 1.55. The number of methoxy groups -OCH3 is 1. The largest absolute Gasteiger partial charge is 0.485 e. The zero-order valence-electron chi connectivity index (χ0n) is 20.0. The molecule has 0 unspecified atom stereocenters. The predicted octanol–water partition coefficient (Wildman–Crippen LogP) is 3.22. The van der Waals surface area contributed by atoms with Gasteiger partial charge in [0.2, 0.25) is 5.91 Å². The number of anilines is 1. The second kappa shape index (κ2) is 12.2. The molecule has 1 aliphatic rings. The van der Waals surface area contributed by atoms with Crippen molar-refractivity contribution in [3.05, 3.63) is 53.1 Å². The van der Waals surface area contributed by atoms with Crippen molar-refractivity contribution in [2.45, 2.75) is 33.1 Å². The van der Waals surface area contributed by atoms with Gasteiger partial charge in [-0.2, -0.15) is 0 Å². The van der Waals surface area contributed by atoms with Crippen LogP contribution in [-0.4, -0.2) is 57.6 Å². The van der Waals surface area contributed by atoms with E-state index in [9.17, 15) is 14.4 Å². The first-order valence-corrected chi connectivity index (χ1v) is 11.5. The van der Waals surface area contributed by atoms with Crippen molar-refractivity contribution in [2.24, 2.45) is 0 Å². The Bertz CT molecular complexity index is 1040. The number of amides is 2. The quantitative estimate of drug-likeness (QED) is 0.380. The van der Waals surface area contributed by atoms with E-state index in [0.29, 0.717) is 55.3 Å². The van der Waals surface area contributed by atoms with Crippen LogP contribution in [0.15, 0.2) is 36.4 Å². The van der Waals surface area contributed by atoms with E-state index in [0.717, 1.165) is 17.5 Å². The van der Waals surface area contributed by atoms with E-state index < -0.39 is 0 Å². The molecule has 0 atom stereocenters. The SMILES string of the molecule is COCCCNC(=O)CCCN1C(=O)COc2ccc(C(=O)COc3cccc(C)c3C)cc21. The van der Waals surface area contributed by atoms with Crippen LogP contribution in [0, 0.1) is 13.8 Å². The van der Waals surface area contributed by atoms with E-state index in [1.165, 1.54) is 0 Å². The Hall–Kier alpha value is -3.39. The summed E-state index contributed by atoms with van der Waals surface area (Å²) < 4.78 is 16.3. The first-order valence-electron chi connectivity index (χ1n) is 11.5. The van der Waals surface area contributed by atoms with Gasteiger partial charge < -0.3 is 24.4 Å². The van der Waals surface area contributed by atoms with Crippen molar-refractivity contribution in [2.75, 3.05) is 44.9 Å². The Labute approximate surface area is 200 Å². The molecule has 1 aliphatic heterocycles. The van der Waals surface area contributed by atoms with Crippen LogP contribution in [0.1, 0.15) is 40.7 Å². The molecule has 0 saturated carbocycles. The average Bonchev–Trinajstić information content (AvgIpc) is 2.83. The minimum absolute atomic E-state index is 0.0652. The summed E-state index contributed by atoms with van der Waals surface area (Å²) in [7, 11) is 1.62. The van der Waals surface area contributed by atoms with Crippen molar-refractivity contribution in [3.8, 4) is 11.5 Å². The molecule has 2 amide bonds. The molecule has 2 aromatic carbocycles. The lowest BCUT2D eigenvalue weighted by atomic mass is 10.1. The van der Waals surface area contributed by atoms with Gasteiger partial charge in [-0.25, -0.2) is 0 Å². The molecule has 2 aromatic rings. The number of carbonyl (C=O) groups excluding carboxylic acids is 3. The molecule has 0 bridgehead atoms. The topological polar surface area (TPSA) is 94.2 Å². The Morgan fingerprint density at radius 1 is 1.15 bits per heavy atom. The summed E-state index contributed by atoms with van der Waals surface area (Å²) in [5.41, 5.74) is 3.06. The monoisotopic (exact) mass is 468 g/mol. The molecule has 8 nitrogen and oxygen atoms in total. The number of ether oxygens (including phenoxy) is 3.